The molecule has 9 nitrogen and oxygen atoms in total. The molecule has 2 heterocycles. The first-order valence-electron chi connectivity index (χ1n) is 9.89. The third kappa shape index (κ3) is 5.26. The number of aromatic amines is 1. The summed E-state index contributed by atoms with van der Waals surface area (Å²) in [6, 6.07) is 0. The Morgan fingerprint density at radius 2 is 1.83 bits per heavy atom. The van der Waals surface area contributed by atoms with Gasteiger partial charge in [-0.05, 0) is 19.8 Å². The zero-order valence-corrected chi connectivity index (χ0v) is 18.0. The van der Waals surface area contributed by atoms with Crippen LogP contribution in [-0.2, 0) is 17.9 Å². The number of anilines is 2. The summed E-state index contributed by atoms with van der Waals surface area (Å²) in [5.74, 6) is -0.311. The standard InChI is InChI=1S/C19H29N5O4S/c1-4-6-9-23(14(25)8-11-22-13(3)12-29-19(22)28)15-16(20)24(10-7-5-2)18(27)21-17(15)26/h12H,4-11,20H2,1-3H3,(H,21,26,27). The van der Waals surface area contributed by atoms with Crippen molar-refractivity contribution in [3.8, 4) is 0 Å². The number of aromatic nitrogens is 3. The molecule has 0 unspecified atom stereocenters. The van der Waals surface area contributed by atoms with Crippen LogP contribution in [0, 0.1) is 6.92 Å². The molecule has 0 spiro atoms. The topological polar surface area (TPSA) is 123 Å². The van der Waals surface area contributed by atoms with Crippen LogP contribution in [0.1, 0.15) is 51.6 Å². The van der Waals surface area contributed by atoms with Gasteiger partial charge in [-0.2, -0.15) is 0 Å². The summed E-state index contributed by atoms with van der Waals surface area (Å²) in [7, 11) is 0. The fraction of sp³-hybridized carbons (Fsp3) is 0.579. The van der Waals surface area contributed by atoms with Crippen molar-refractivity contribution in [2.45, 2.75) is 66.0 Å². The molecule has 0 saturated carbocycles. The zero-order valence-electron chi connectivity index (χ0n) is 17.2. The minimum atomic E-state index is -0.673. The maximum absolute atomic E-state index is 13.0. The van der Waals surface area contributed by atoms with Gasteiger partial charge in [-0.25, -0.2) is 4.79 Å². The van der Waals surface area contributed by atoms with Crippen molar-refractivity contribution in [2.24, 2.45) is 0 Å². The number of H-pyrrole nitrogens is 1. The second-order valence-electron chi connectivity index (χ2n) is 6.94. The Morgan fingerprint density at radius 3 is 2.41 bits per heavy atom. The molecule has 0 radical (unpaired) electrons. The molecule has 2 rings (SSSR count). The van der Waals surface area contributed by atoms with Crippen LogP contribution in [0.25, 0.3) is 0 Å². The van der Waals surface area contributed by atoms with E-state index in [9.17, 15) is 19.2 Å². The lowest BCUT2D eigenvalue weighted by molar-refractivity contribution is -0.118. The summed E-state index contributed by atoms with van der Waals surface area (Å²) in [5, 5.41) is 1.74. The highest BCUT2D eigenvalue weighted by Crippen LogP contribution is 2.19. The Morgan fingerprint density at radius 1 is 1.14 bits per heavy atom. The average Bonchev–Trinajstić information content (AvgIpc) is 2.99. The van der Waals surface area contributed by atoms with E-state index in [2.05, 4.69) is 4.98 Å². The molecular weight excluding hydrogens is 394 g/mol. The van der Waals surface area contributed by atoms with E-state index in [0.29, 0.717) is 19.5 Å². The molecule has 0 aliphatic rings. The molecule has 0 bridgehead atoms. The second kappa shape index (κ2) is 10.2. The second-order valence-corrected chi connectivity index (χ2v) is 7.76. The van der Waals surface area contributed by atoms with Gasteiger partial charge >= 0.3 is 10.6 Å². The van der Waals surface area contributed by atoms with Crippen molar-refractivity contribution in [1.82, 2.24) is 14.1 Å². The lowest BCUT2D eigenvalue weighted by Crippen LogP contribution is -2.42. The monoisotopic (exact) mass is 423 g/mol. The van der Waals surface area contributed by atoms with Crippen LogP contribution in [0.3, 0.4) is 0 Å². The first-order valence-corrected chi connectivity index (χ1v) is 10.8. The van der Waals surface area contributed by atoms with Gasteiger partial charge in [0.25, 0.3) is 5.56 Å². The van der Waals surface area contributed by atoms with E-state index >= 15 is 0 Å². The fourth-order valence-electron chi connectivity index (χ4n) is 3.07. The summed E-state index contributed by atoms with van der Waals surface area (Å²) in [6.45, 7) is 6.68. The highest BCUT2D eigenvalue weighted by Gasteiger charge is 2.24. The molecule has 10 heteroatoms. The molecule has 0 aliphatic carbocycles. The van der Waals surface area contributed by atoms with Crippen LogP contribution < -0.4 is 26.8 Å². The quantitative estimate of drug-likeness (QED) is 0.602. The molecule has 2 aromatic rings. The molecule has 0 aliphatic heterocycles. The van der Waals surface area contributed by atoms with Crippen molar-refractivity contribution in [3.63, 3.8) is 0 Å². The number of thiazole rings is 1. The normalized spacial score (nSPS) is 11.0. The van der Waals surface area contributed by atoms with Gasteiger partial charge in [-0.15, -0.1) is 0 Å². The third-order valence-corrected chi connectivity index (χ3v) is 5.66. The maximum atomic E-state index is 13.0. The van der Waals surface area contributed by atoms with Gasteiger partial charge in [0, 0.05) is 37.1 Å². The van der Waals surface area contributed by atoms with Crippen molar-refractivity contribution in [3.05, 3.63) is 41.6 Å². The number of unbranched alkanes of at least 4 members (excludes halogenated alkanes) is 2. The number of nitrogens with two attached hydrogens (primary N) is 1. The highest BCUT2D eigenvalue weighted by atomic mass is 32.1. The number of amides is 1. The molecular formula is C19H29N5O4S. The van der Waals surface area contributed by atoms with Crippen LogP contribution in [0.5, 0.6) is 0 Å². The number of nitrogen functional groups attached to an aromatic ring is 1. The number of carbonyl (C=O) groups is 1. The fourth-order valence-corrected chi connectivity index (χ4v) is 3.83. The number of hydrogen-bond donors (Lipinski definition) is 2. The zero-order chi connectivity index (χ0) is 21.6. The molecule has 3 N–H and O–H groups in total. The summed E-state index contributed by atoms with van der Waals surface area (Å²) < 4.78 is 2.84. The third-order valence-electron chi connectivity index (χ3n) is 4.78. The predicted octanol–water partition coefficient (Wildman–Crippen LogP) is 1.67. The largest absolute Gasteiger partial charge is 0.383 e. The Labute approximate surface area is 172 Å². The van der Waals surface area contributed by atoms with E-state index < -0.39 is 11.2 Å². The lowest BCUT2D eigenvalue weighted by Gasteiger charge is -2.24. The highest BCUT2D eigenvalue weighted by molar-refractivity contribution is 7.07. The molecule has 0 fully saturated rings. The Hall–Kier alpha value is -2.62. The minimum absolute atomic E-state index is 0.000494. The summed E-state index contributed by atoms with van der Waals surface area (Å²) in [5.41, 5.74) is 5.72. The van der Waals surface area contributed by atoms with Gasteiger partial charge in [0.15, 0.2) is 5.69 Å². The van der Waals surface area contributed by atoms with Gasteiger partial charge in [0.05, 0.1) is 0 Å². The van der Waals surface area contributed by atoms with Crippen LogP contribution in [-0.4, -0.2) is 26.6 Å². The SMILES string of the molecule is CCCCN(C(=O)CCn1c(C)csc1=O)c1c(N)n(CCCC)c(=O)[nH]c1=O. The van der Waals surface area contributed by atoms with E-state index in [1.165, 1.54) is 14.0 Å². The Kier molecular flexibility index (Phi) is 8.00. The van der Waals surface area contributed by atoms with Gasteiger partial charge in [0.1, 0.15) is 5.82 Å². The molecule has 29 heavy (non-hydrogen) atoms. The number of aryl methyl sites for hydroxylation is 1. The first kappa shape index (κ1) is 22.7. The average molecular weight is 424 g/mol. The van der Waals surface area contributed by atoms with E-state index in [1.54, 1.807) is 5.38 Å². The minimum Gasteiger partial charge on any atom is -0.383 e. The maximum Gasteiger partial charge on any atom is 0.330 e. The Balaban J connectivity index is 2.38. The van der Waals surface area contributed by atoms with Gasteiger partial charge in [-0.3, -0.25) is 23.9 Å². The van der Waals surface area contributed by atoms with Crippen LogP contribution in [0.2, 0.25) is 0 Å². The van der Waals surface area contributed by atoms with Gasteiger partial charge in [-0.1, -0.05) is 38.0 Å². The summed E-state index contributed by atoms with van der Waals surface area (Å²) in [4.78, 5) is 53.1. The number of carbonyl (C=O) groups excluding carboxylic acids is 1. The van der Waals surface area contributed by atoms with Crippen LogP contribution >= 0.6 is 11.3 Å². The number of rotatable bonds is 10. The van der Waals surface area contributed by atoms with Crippen molar-refractivity contribution in [2.75, 3.05) is 17.2 Å². The van der Waals surface area contributed by atoms with Crippen molar-refractivity contribution >= 4 is 28.7 Å². The van der Waals surface area contributed by atoms with Crippen molar-refractivity contribution < 1.29 is 4.79 Å². The van der Waals surface area contributed by atoms with E-state index in [1.807, 2.05) is 20.8 Å². The molecule has 0 saturated heterocycles. The molecule has 160 valence electrons. The van der Waals surface area contributed by atoms with E-state index in [0.717, 1.165) is 36.3 Å². The van der Waals surface area contributed by atoms with Crippen LogP contribution in [0.4, 0.5) is 11.5 Å². The smallest absolute Gasteiger partial charge is 0.330 e. The van der Waals surface area contributed by atoms with Crippen LogP contribution in [0.15, 0.2) is 19.8 Å². The van der Waals surface area contributed by atoms with Gasteiger partial charge < -0.3 is 15.2 Å². The van der Waals surface area contributed by atoms with Gasteiger partial charge in [0.2, 0.25) is 5.91 Å². The molecule has 1 amide bonds. The lowest BCUT2D eigenvalue weighted by atomic mass is 10.2. The number of nitrogens with one attached hydrogen (secondary N) is 1. The molecule has 2 aromatic heterocycles. The van der Waals surface area contributed by atoms with E-state index in [4.69, 9.17) is 5.73 Å². The molecule has 0 aromatic carbocycles. The molecule has 0 atom stereocenters. The summed E-state index contributed by atoms with van der Waals surface area (Å²) in [6.07, 6.45) is 3.12. The Bertz CT molecular complexity index is 1020. The van der Waals surface area contributed by atoms with Crippen molar-refractivity contribution in [1.29, 1.82) is 0 Å². The number of hydrogen-bond acceptors (Lipinski definition) is 6. The summed E-state index contributed by atoms with van der Waals surface area (Å²) >= 11 is 1.09. The number of nitrogens with zero attached hydrogens (tertiary/aromatic N) is 3. The predicted molar refractivity (Wildman–Crippen MR) is 116 cm³/mol. The van der Waals surface area contributed by atoms with E-state index in [-0.39, 0.29) is 35.3 Å². The first-order chi connectivity index (χ1) is 13.8.